The fourth-order valence-electron chi connectivity index (χ4n) is 5.62. The minimum absolute atomic E-state index is 0.955. The standard InChI is InChI=1S/C24H22B2N12/c1-11-27-33(17-1)25(34-18-2-12-28-34,35-19-3-13-29-35)23-7-9-24(10-8-23)26(36-20-4-14-30-36,37-21-5-15-31-37)38-22-6-16-32-38/h1-22H/q-2. The van der Waals surface area contributed by atoms with E-state index in [4.69, 9.17) is 0 Å². The molecule has 0 aliphatic rings. The molecule has 0 bridgehead atoms. The first-order chi connectivity index (χ1) is 18.8. The second kappa shape index (κ2) is 8.62. The van der Waals surface area contributed by atoms with Crippen LogP contribution in [0.1, 0.15) is 0 Å². The van der Waals surface area contributed by atoms with Crippen LogP contribution in [0.4, 0.5) is 0 Å². The van der Waals surface area contributed by atoms with Gasteiger partial charge in [-0.25, -0.2) is 30.6 Å². The molecule has 0 fully saturated rings. The summed E-state index contributed by atoms with van der Waals surface area (Å²) in [7, 11) is 0. The lowest BCUT2D eigenvalue weighted by Crippen LogP contribution is -2.70. The van der Waals surface area contributed by atoms with Gasteiger partial charge in [0.2, 0.25) is 0 Å². The molecule has 186 valence electrons. The van der Waals surface area contributed by atoms with Gasteiger partial charge in [-0.05, 0) is 73.6 Å². The Labute approximate surface area is 217 Å². The number of hydrogen-bond acceptors (Lipinski definition) is 6. The largest absolute Gasteiger partial charge is 0.396 e. The molecular formula is C24H22B2N12-2. The van der Waals surface area contributed by atoms with Crippen LogP contribution in [0.5, 0.6) is 0 Å². The Morgan fingerprint density at radius 1 is 0.342 bits per heavy atom. The van der Waals surface area contributed by atoms with Crippen LogP contribution in [0.25, 0.3) is 0 Å². The number of rotatable bonds is 8. The molecule has 6 heterocycles. The molecule has 0 saturated heterocycles. The van der Waals surface area contributed by atoms with Crippen molar-refractivity contribution < 1.29 is 0 Å². The molecule has 0 spiro atoms. The maximum absolute atomic E-state index is 4.65. The van der Waals surface area contributed by atoms with Crippen molar-refractivity contribution in [3.05, 3.63) is 135 Å². The van der Waals surface area contributed by atoms with Crippen molar-refractivity contribution in [3.8, 4) is 0 Å². The zero-order chi connectivity index (χ0) is 25.4. The normalized spacial score (nSPS) is 12.2. The van der Waals surface area contributed by atoms with Crippen LogP contribution in [0.2, 0.25) is 0 Å². The molecule has 7 aromatic rings. The van der Waals surface area contributed by atoms with Crippen LogP contribution >= 0.6 is 0 Å². The average molecular weight is 500 g/mol. The summed E-state index contributed by atoms with van der Waals surface area (Å²) < 4.78 is 11.4. The monoisotopic (exact) mass is 500 g/mol. The molecule has 0 aliphatic heterocycles. The average Bonchev–Trinajstić information content (AvgIpc) is 3.82. The van der Waals surface area contributed by atoms with E-state index in [0.717, 1.165) is 10.9 Å². The van der Waals surface area contributed by atoms with Crippen LogP contribution in [-0.4, -0.2) is 71.3 Å². The van der Waals surface area contributed by atoms with Gasteiger partial charge in [0, 0.05) is 37.2 Å². The van der Waals surface area contributed by atoms with Gasteiger partial charge in [0.15, 0.2) is 0 Å². The van der Waals surface area contributed by atoms with Gasteiger partial charge in [-0.3, -0.25) is 0 Å². The molecule has 7 rings (SSSR count). The second-order valence-electron chi connectivity index (χ2n) is 9.05. The van der Waals surface area contributed by atoms with E-state index in [0.29, 0.717) is 0 Å². The van der Waals surface area contributed by atoms with Gasteiger partial charge in [-0.2, -0.15) is 0 Å². The molecule has 6 aromatic heterocycles. The summed E-state index contributed by atoms with van der Waals surface area (Å²) in [5.41, 5.74) is 1.91. The van der Waals surface area contributed by atoms with Gasteiger partial charge in [-0.15, -0.1) is 10.9 Å². The first-order valence-electron chi connectivity index (χ1n) is 12.2. The highest BCUT2D eigenvalue weighted by atomic mass is 15.5. The number of aromatic nitrogens is 12. The van der Waals surface area contributed by atoms with Crippen LogP contribution in [0.15, 0.2) is 135 Å². The summed E-state index contributed by atoms with van der Waals surface area (Å²) in [6.07, 6.45) is 22.2. The maximum atomic E-state index is 4.65. The van der Waals surface area contributed by atoms with E-state index >= 15 is 0 Å². The van der Waals surface area contributed by atoms with Gasteiger partial charge in [0.05, 0.1) is 0 Å². The van der Waals surface area contributed by atoms with Gasteiger partial charge in [-0.1, -0.05) is 24.3 Å². The van der Waals surface area contributed by atoms with E-state index < -0.39 is 13.1 Å². The van der Waals surface area contributed by atoms with E-state index in [9.17, 15) is 0 Å². The SMILES string of the molecule is c1cnn([B-](c2ccc([B-](n3cccn3)(n3cccn3)n3cccn3)cc2)(n2cccn2)n2cccn2)c1. The molecule has 0 unspecified atom stereocenters. The molecule has 1 aromatic carbocycles. The summed E-state index contributed by atoms with van der Waals surface area (Å²) in [4.78, 5) is 0. The van der Waals surface area contributed by atoms with Crippen LogP contribution in [0.3, 0.4) is 0 Å². The molecule has 12 nitrogen and oxygen atoms in total. The minimum atomic E-state index is -1.94. The molecule has 0 amide bonds. The number of nitrogens with zero attached hydrogens (tertiary/aromatic N) is 12. The Hall–Kier alpha value is -5.39. The first-order valence-corrected chi connectivity index (χ1v) is 12.2. The van der Waals surface area contributed by atoms with E-state index in [-0.39, 0.29) is 0 Å². The van der Waals surface area contributed by atoms with Gasteiger partial charge in [0.25, 0.3) is 0 Å². The van der Waals surface area contributed by atoms with E-state index in [2.05, 4.69) is 54.9 Å². The molecule has 0 aliphatic carbocycles. The van der Waals surface area contributed by atoms with Crippen molar-refractivity contribution in [2.24, 2.45) is 0 Å². The highest BCUT2D eigenvalue weighted by Crippen LogP contribution is 2.16. The molecular weight excluding hydrogens is 478 g/mol. The van der Waals surface area contributed by atoms with Crippen LogP contribution in [0, 0.1) is 0 Å². The Morgan fingerprint density at radius 2 is 0.553 bits per heavy atom. The van der Waals surface area contributed by atoms with Crippen molar-refractivity contribution in [2.75, 3.05) is 0 Å². The fraction of sp³-hybridized carbons (Fsp3) is 0. The third kappa shape index (κ3) is 3.00. The summed E-state index contributed by atoms with van der Waals surface area (Å²) in [5, 5.41) is 27.9. The third-order valence-electron chi connectivity index (χ3n) is 7.19. The quantitative estimate of drug-likeness (QED) is 0.281. The Balaban J connectivity index is 1.48. The predicted octanol–water partition coefficient (Wildman–Crippen LogP) is 0.447. The van der Waals surface area contributed by atoms with E-state index in [1.165, 1.54) is 0 Å². The summed E-state index contributed by atoms with van der Waals surface area (Å²) in [5.74, 6) is 0. The minimum Gasteiger partial charge on any atom is -0.396 e. The zero-order valence-corrected chi connectivity index (χ0v) is 20.2. The van der Waals surface area contributed by atoms with Crippen LogP contribution < -0.4 is 10.9 Å². The summed E-state index contributed by atoms with van der Waals surface area (Å²) in [6.45, 7) is -3.88. The summed E-state index contributed by atoms with van der Waals surface area (Å²) >= 11 is 0. The lowest BCUT2D eigenvalue weighted by molar-refractivity contribution is 0.742. The molecule has 0 atom stereocenters. The van der Waals surface area contributed by atoms with Crippen molar-refractivity contribution in [3.63, 3.8) is 0 Å². The third-order valence-corrected chi connectivity index (χ3v) is 7.19. The molecule has 0 radical (unpaired) electrons. The predicted molar refractivity (Wildman–Crippen MR) is 143 cm³/mol. The molecule has 0 N–H and O–H groups in total. The van der Waals surface area contributed by atoms with Crippen LogP contribution in [-0.2, 0) is 0 Å². The van der Waals surface area contributed by atoms with Crippen molar-refractivity contribution in [1.29, 1.82) is 0 Å². The maximum Gasteiger partial charge on any atom is 0.369 e. The van der Waals surface area contributed by atoms with Gasteiger partial charge < -0.3 is 27.6 Å². The van der Waals surface area contributed by atoms with Gasteiger partial charge >= 0.3 is 13.1 Å². The second-order valence-corrected chi connectivity index (χ2v) is 9.05. The lowest BCUT2D eigenvalue weighted by Gasteiger charge is -2.44. The Morgan fingerprint density at radius 3 is 0.711 bits per heavy atom. The summed E-state index contributed by atoms with van der Waals surface area (Å²) in [6, 6.07) is 19.8. The number of benzene rings is 1. The Kier molecular flexibility index (Phi) is 4.96. The van der Waals surface area contributed by atoms with Gasteiger partial charge in [0.1, 0.15) is 0 Å². The topological polar surface area (TPSA) is 107 Å². The van der Waals surface area contributed by atoms with Crippen molar-refractivity contribution in [1.82, 2.24) is 58.1 Å². The first kappa shape index (κ1) is 21.9. The lowest BCUT2D eigenvalue weighted by atomic mass is 9.50. The zero-order valence-electron chi connectivity index (χ0n) is 20.2. The fourth-order valence-corrected chi connectivity index (χ4v) is 5.62. The molecule has 0 saturated carbocycles. The highest BCUT2D eigenvalue weighted by molar-refractivity contribution is 6.88. The molecule has 14 heteroatoms. The van der Waals surface area contributed by atoms with Crippen molar-refractivity contribution >= 4 is 24.0 Å². The molecule has 38 heavy (non-hydrogen) atoms. The number of hydrogen-bond donors (Lipinski definition) is 0. The Bertz CT molecular complexity index is 1390. The van der Waals surface area contributed by atoms with E-state index in [1.54, 1.807) is 37.2 Å². The van der Waals surface area contributed by atoms with E-state index in [1.807, 2.05) is 101 Å². The smallest absolute Gasteiger partial charge is 0.369 e. The highest BCUT2D eigenvalue weighted by Gasteiger charge is 2.39. The van der Waals surface area contributed by atoms with Crippen molar-refractivity contribution in [2.45, 2.75) is 0 Å².